The van der Waals surface area contributed by atoms with Crippen molar-refractivity contribution >= 4 is 11.7 Å². The number of hydrogen-bond donors (Lipinski definition) is 1. The molecule has 1 saturated heterocycles. The van der Waals surface area contributed by atoms with E-state index < -0.39 is 0 Å². The van der Waals surface area contributed by atoms with Crippen LogP contribution in [0.25, 0.3) is 0 Å². The molecule has 1 fully saturated rings. The molecule has 1 amide bonds. The molecule has 1 aliphatic heterocycles. The molecule has 18 heavy (non-hydrogen) atoms. The number of aryl methyl sites for hydroxylation is 1. The molecule has 2 rings (SSSR count). The summed E-state index contributed by atoms with van der Waals surface area (Å²) in [5, 5.41) is 6.50. The number of rotatable bonds is 4. The van der Waals surface area contributed by atoms with Gasteiger partial charge in [0.1, 0.15) is 5.76 Å². The van der Waals surface area contributed by atoms with Crippen molar-refractivity contribution in [1.29, 1.82) is 0 Å². The Morgan fingerprint density at radius 1 is 1.61 bits per heavy atom. The lowest BCUT2D eigenvalue weighted by Gasteiger charge is -2.32. The number of hydrogen-bond acceptors (Lipinski definition) is 4. The van der Waals surface area contributed by atoms with E-state index in [2.05, 4.69) is 22.4 Å². The number of piperidine rings is 1. The fraction of sp³-hybridized carbons (Fsp3) is 0.692. The van der Waals surface area contributed by atoms with Gasteiger partial charge in [0.25, 0.3) is 0 Å². The van der Waals surface area contributed by atoms with Gasteiger partial charge in [0.15, 0.2) is 5.82 Å². The third kappa shape index (κ3) is 3.57. The third-order valence-corrected chi connectivity index (χ3v) is 3.52. The summed E-state index contributed by atoms with van der Waals surface area (Å²) < 4.78 is 4.90. The average Bonchev–Trinajstić information content (AvgIpc) is 2.74. The smallest absolute Gasteiger partial charge is 0.225 e. The molecule has 0 radical (unpaired) electrons. The van der Waals surface area contributed by atoms with Crippen LogP contribution in [0.4, 0.5) is 5.82 Å². The van der Waals surface area contributed by atoms with Crippen molar-refractivity contribution in [2.75, 3.05) is 18.9 Å². The quantitative estimate of drug-likeness (QED) is 0.891. The first-order chi connectivity index (χ1) is 8.65. The van der Waals surface area contributed by atoms with E-state index in [0.717, 1.165) is 13.0 Å². The molecule has 0 aliphatic carbocycles. The van der Waals surface area contributed by atoms with Crippen LogP contribution in [0.3, 0.4) is 0 Å². The molecule has 1 N–H and O–H groups in total. The summed E-state index contributed by atoms with van der Waals surface area (Å²) in [6.45, 7) is 2.95. The van der Waals surface area contributed by atoms with Gasteiger partial charge in [0.2, 0.25) is 5.91 Å². The Hall–Kier alpha value is -1.36. The Balaban J connectivity index is 1.74. The number of amides is 1. The van der Waals surface area contributed by atoms with Crippen LogP contribution >= 0.6 is 0 Å². The van der Waals surface area contributed by atoms with E-state index in [1.54, 1.807) is 13.0 Å². The van der Waals surface area contributed by atoms with Gasteiger partial charge in [0.05, 0.1) is 0 Å². The minimum atomic E-state index is 0.0160. The van der Waals surface area contributed by atoms with Crippen molar-refractivity contribution in [3.63, 3.8) is 0 Å². The largest absolute Gasteiger partial charge is 0.360 e. The Bertz CT molecular complexity index is 403. The highest BCUT2D eigenvalue weighted by Gasteiger charge is 2.19. The van der Waals surface area contributed by atoms with E-state index in [9.17, 15) is 4.79 Å². The summed E-state index contributed by atoms with van der Waals surface area (Å²) in [4.78, 5) is 14.1. The minimum Gasteiger partial charge on any atom is -0.360 e. The SMILES string of the molecule is Cc1cc(NC(=O)CCC2CCCCN2C)no1. The summed E-state index contributed by atoms with van der Waals surface area (Å²) in [5.74, 6) is 1.23. The molecule has 1 unspecified atom stereocenters. The second-order valence-corrected chi connectivity index (χ2v) is 5.04. The first-order valence-electron chi connectivity index (χ1n) is 6.58. The standard InChI is InChI=1S/C13H21N3O2/c1-10-9-12(15-18-10)14-13(17)7-6-11-5-3-4-8-16(11)2/h9,11H,3-8H2,1-2H3,(H,14,15,17). The van der Waals surface area contributed by atoms with E-state index in [0.29, 0.717) is 24.0 Å². The normalized spacial score (nSPS) is 20.9. The lowest BCUT2D eigenvalue weighted by atomic mass is 9.98. The van der Waals surface area contributed by atoms with Crippen LogP contribution in [0.2, 0.25) is 0 Å². The maximum absolute atomic E-state index is 11.8. The minimum absolute atomic E-state index is 0.0160. The maximum atomic E-state index is 11.8. The Morgan fingerprint density at radius 2 is 2.44 bits per heavy atom. The molecular weight excluding hydrogens is 230 g/mol. The Morgan fingerprint density at radius 3 is 3.11 bits per heavy atom. The second-order valence-electron chi connectivity index (χ2n) is 5.04. The van der Waals surface area contributed by atoms with Crippen molar-refractivity contribution in [2.45, 2.75) is 45.1 Å². The number of nitrogens with one attached hydrogen (secondary N) is 1. The van der Waals surface area contributed by atoms with Crippen molar-refractivity contribution in [2.24, 2.45) is 0 Å². The lowest BCUT2D eigenvalue weighted by molar-refractivity contribution is -0.116. The fourth-order valence-electron chi connectivity index (χ4n) is 2.44. The zero-order valence-corrected chi connectivity index (χ0v) is 11.1. The van der Waals surface area contributed by atoms with Gasteiger partial charge in [-0.2, -0.15) is 0 Å². The number of carbonyl (C=O) groups is 1. The van der Waals surface area contributed by atoms with Crippen LogP contribution in [0.15, 0.2) is 10.6 Å². The molecular formula is C13H21N3O2. The van der Waals surface area contributed by atoms with Crippen LogP contribution < -0.4 is 5.32 Å². The molecule has 0 bridgehead atoms. The van der Waals surface area contributed by atoms with Gasteiger partial charge in [0, 0.05) is 18.5 Å². The predicted molar refractivity (Wildman–Crippen MR) is 69.4 cm³/mol. The van der Waals surface area contributed by atoms with Crippen LogP contribution in [0.1, 0.15) is 37.9 Å². The summed E-state index contributed by atoms with van der Waals surface area (Å²) >= 11 is 0. The zero-order chi connectivity index (χ0) is 13.0. The van der Waals surface area contributed by atoms with Crippen molar-refractivity contribution < 1.29 is 9.32 Å². The van der Waals surface area contributed by atoms with Gasteiger partial charge in [-0.3, -0.25) is 4.79 Å². The van der Waals surface area contributed by atoms with Crippen molar-refractivity contribution in [3.8, 4) is 0 Å². The van der Waals surface area contributed by atoms with Gasteiger partial charge in [-0.05, 0) is 39.8 Å². The fourth-order valence-corrected chi connectivity index (χ4v) is 2.44. The molecule has 5 nitrogen and oxygen atoms in total. The third-order valence-electron chi connectivity index (χ3n) is 3.52. The van der Waals surface area contributed by atoms with Gasteiger partial charge in [-0.15, -0.1) is 0 Å². The van der Waals surface area contributed by atoms with E-state index in [4.69, 9.17) is 4.52 Å². The number of nitrogens with zero attached hydrogens (tertiary/aromatic N) is 2. The van der Waals surface area contributed by atoms with E-state index in [-0.39, 0.29) is 5.91 Å². The average molecular weight is 251 g/mol. The van der Waals surface area contributed by atoms with Crippen LogP contribution in [0.5, 0.6) is 0 Å². The van der Waals surface area contributed by atoms with Gasteiger partial charge < -0.3 is 14.7 Å². The topological polar surface area (TPSA) is 58.4 Å². The van der Waals surface area contributed by atoms with E-state index in [1.165, 1.54) is 19.3 Å². The second kappa shape index (κ2) is 6.00. The molecule has 0 spiro atoms. The molecule has 1 aliphatic rings. The monoisotopic (exact) mass is 251 g/mol. The molecule has 1 aromatic rings. The maximum Gasteiger partial charge on any atom is 0.225 e. The van der Waals surface area contributed by atoms with E-state index in [1.807, 2.05) is 0 Å². The molecule has 0 aromatic carbocycles. The molecule has 5 heteroatoms. The summed E-state index contributed by atoms with van der Waals surface area (Å²) in [6.07, 6.45) is 5.21. The number of carbonyl (C=O) groups excluding carboxylic acids is 1. The highest BCUT2D eigenvalue weighted by molar-refractivity contribution is 5.89. The van der Waals surface area contributed by atoms with Gasteiger partial charge >= 0.3 is 0 Å². The van der Waals surface area contributed by atoms with E-state index >= 15 is 0 Å². The highest BCUT2D eigenvalue weighted by atomic mass is 16.5. The van der Waals surface area contributed by atoms with Crippen molar-refractivity contribution in [1.82, 2.24) is 10.1 Å². The molecule has 2 heterocycles. The van der Waals surface area contributed by atoms with Gasteiger partial charge in [-0.1, -0.05) is 11.6 Å². The molecule has 1 aromatic heterocycles. The van der Waals surface area contributed by atoms with Crippen LogP contribution in [-0.4, -0.2) is 35.6 Å². The summed E-state index contributed by atoms with van der Waals surface area (Å²) in [5.41, 5.74) is 0. The molecule has 100 valence electrons. The zero-order valence-electron chi connectivity index (χ0n) is 11.1. The first kappa shape index (κ1) is 13.1. The van der Waals surface area contributed by atoms with Gasteiger partial charge in [-0.25, -0.2) is 0 Å². The van der Waals surface area contributed by atoms with Crippen molar-refractivity contribution in [3.05, 3.63) is 11.8 Å². The number of likely N-dealkylation sites (tertiary alicyclic amines) is 1. The Labute approximate surface area is 108 Å². The highest BCUT2D eigenvalue weighted by Crippen LogP contribution is 2.19. The molecule has 1 atom stereocenters. The summed E-state index contributed by atoms with van der Waals surface area (Å²) in [6, 6.07) is 2.27. The number of anilines is 1. The first-order valence-corrected chi connectivity index (χ1v) is 6.58. The Kier molecular flexibility index (Phi) is 4.36. The predicted octanol–water partition coefficient (Wildman–Crippen LogP) is 2.19. The summed E-state index contributed by atoms with van der Waals surface area (Å²) in [7, 11) is 2.14. The molecule has 0 saturated carbocycles. The van der Waals surface area contributed by atoms with Crippen LogP contribution in [0, 0.1) is 6.92 Å². The lowest BCUT2D eigenvalue weighted by Crippen LogP contribution is -2.36. The number of aromatic nitrogens is 1. The van der Waals surface area contributed by atoms with Crippen LogP contribution in [-0.2, 0) is 4.79 Å².